The number of halogens is 2. The summed E-state index contributed by atoms with van der Waals surface area (Å²) in [4.78, 5) is 37.6. The van der Waals surface area contributed by atoms with E-state index in [1.165, 1.54) is 24.1 Å². The van der Waals surface area contributed by atoms with Crippen LogP contribution in [-0.4, -0.2) is 43.9 Å². The molecule has 0 bridgehead atoms. The fourth-order valence-corrected chi connectivity index (χ4v) is 3.14. The summed E-state index contributed by atoms with van der Waals surface area (Å²) in [6.07, 6.45) is 0.524. The summed E-state index contributed by atoms with van der Waals surface area (Å²) < 4.78 is 13.7. The Morgan fingerprint density at radius 1 is 1.24 bits per heavy atom. The third kappa shape index (κ3) is 4.83. The first kappa shape index (κ1) is 20.6. The van der Waals surface area contributed by atoms with Gasteiger partial charge >= 0.3 is 0 Å². The Morgan fingerprint density at radius 3 is 2.76 bits per heavy atom. The number of likely N-dealkylation sites (N-methyl/N-ethyl adjacent to an activating group) is 1. The van der Waals surface area contributed by atoms with Crippen molar-refractivity contribution in [2.45, 2.75) is 12.5 Å². The van der Waals surface area contributed by atoms with Crippen molar-refractivity contribution in [2.75, 3.05) is 30.4 Å². The van der Waals surface area contributed by atoms with E-state index in [0.29, 0.717) is 29.9 Å². The van der Waals surface area contributed by atoms with Crippen LogP contribution in [0.5, 0.6) is 0 Å². The van der Waals surface area contributed by atoms with Crippen molar-refractivity contribution in [2.24, 2.45) is 0 Å². The second kappa shape index (κ2) is 8.91. The van der Waals surface area contributed by atoms with Crippen molar-refractivity contribution in [3.8, 4) is 0 Å². The zero-order valence-corrected chi connectivity index (χ0v) is 16.4. The standard InChI is InChI=1S/C20H20ClFN4O3/c1-23-18(27)11-24-19(28)12-3-2-4-13(9-12)25-17-7-8-26(20(17)29)14-5-6-15(21)16(22)10-14/h2-6,9-10,17,25H,7-8,11H2,1H3,(H,23,27)(H,24,28). The molecule has 1 fully saturated rings. The van der Waals surface area contributed by atoms with Gasteiger partial charge in [0.15, 0.2) is 0 Å². The number of benzene rings is 2. The highest BCUT2D eigenvalue weighted by molar-refractivity contribution is 6.30. The van der Waals surface area contributed by atoms with E-state index in [4.69, 9.17) is 11.6 Å². The maximum atomic E-state index is 13.7. The first-order valence-electron chi connectivity index (χ1n) is 9.01. The predicted octanol–water partition coefficient (Wildman–Crippen LogP) is 2.17. The van der Waals surface area contributed by atoms with Crippen LogP contribution in [0.15, 0.2) is 42.5 Å². The third-order valence-electron chi connectivity index (χ3n) is 4.57. The lowest BCUT2D eigenvalue weighted by atomic mass is 10.1. The van der Waals surface area contributed by atoms with Crippen molar-refractivity contribution in [1.82, 2.24) is 10.6 Å². The largest absolute Gasteiger partial charge is 0.374 e. The molecule has 0 aromatic heterocycles. The molecule has 7 nitrogen and oxygen atoms in total. The summed E-state index contributed by atoms with van der Waals surface area (Å²) in [5.74, 6) is -1.47. The predicted molar refractivity (Wildman–Crippen MR) is 109 cm³/mol. The summed E-state index contributed by atoms with van der Waals surface area (Å²) in [5, 5.41) is 8.06. The Morgan fingerprint density at radius 2 is 2.03 bits per heavy atom. The molecule has 1 heterocycles. The Hall–Kier alpha value is -3.13. The molecular formula is C20H20ClFN4O3. The van der Waals surface area contributed by atoms with Crippen molar-refractivity contribution >= 4 is 40.7 Å². The zero-order chi connectivity index (χ0) is 21.0. The highest BCUT2D eigenvalue weighted by Crippen LogP contribution is 2.27. The van der Waals surface area contributed by atoms with Crippen LogP contribution in [-0.2, 0) is 9.59 Å². The monoisotopic (exact) mass is 418 g/mol. The lowest BCUT2D eigenvalue weighted by Gasteiger charge is -2.18. The van der Waals surface area contributed by atoms with Crippen molar-refractivity contribution in [3.05, 3.63) is 58.9 Å². The van der Waals surface area contributed by atoms with Gasteiger partial charge in [-0.25, -0.2) is 4.39 Å². The van der Waals surface area contributed by atoms with Gasteiger partial charge in [0.1, 0.15) is 11.9 Å². The molecule has 1 aliphatic rings. The minimum atomic E-state index is -0.580. The molecule has 9 heteroatoms. The zero-order valence-electron chi connectivity index (χ0n) is 15.7. The number of carbonyl (C=O) groups excluding carboxylic acids is 3. The molecule has 1 saturated heterocycles. The van der Waals surface area contributed by atoms with Gasteiger partial charge in [-0.3, -0.25) is 14.4 Å². The topological polar surface area (TPSA) is 90.5 Å². The maximum Gasteiger partial charge on any atom is 0.251 e. The average molecular weight is 419 g/mol. The average Bonchev–Trinajstić information content (AvgIpc) is 3.08. The molecule has 3 amide bonds. The molecule has 2 aromatic carbocycles. The Labute approximate surface area is 172 Å². The van der Waals surface area contributed by atoms with Gasteiger partial charge < -0.3 is 20.9 Å². The van der Waals surface area contributed by atoms with E-state index >= 15 is 0 Å². The number of hydrogen-bond donors (Lipinski definition) is 3. The van der Waals surface area contributed by atoms with Gasteiger partial charge in [0.25, 0.3) is 5.91 Å². The molecule has 0 saturated carbocycles. The molecule has 1 aliphatic heterocycles. The number of anilines is 2. The highest BCUT2D eigenvalue weighted by atomic mass is 35.5. The van der Waals surface area contributed by atoms with Gasteiger partial charge in [-0.1, -0.05) is 17.7 Å². The minimum Gasteiger partial charge on any atom is -0.374 e. The Balaban J connectivity index is 1.66. The number of hydrogen-bond acceptors (Lipinski definition) is 4. The quantitative estimate of drug-likeness (QED) is 0.670. The summed E-state index contributed by atoms with van der Waals surface area (Å²) in [6.45, 7) is 0.310. The van der Waals surface area contributed by atoms with Crippen LogP contribution in [0, 0.1) is 5.82 Å². The van der Waals surface area contributed by atoms with Gasteiger partial charge in [0.05, 0.1) is 11.6 Å². The van der Waals surface area contributed by atoms with Crippen LogP contribution in [0.4, 0.5) is 15.8 Å². The molecule has 2 aromatic rings. The van der Waals surface area contributed by atoms with Crippen LogP contribution in [0.3, 0.4) is 0 Å². The number of carbonyl (C=O) groups is 3. The smallest absolute Gasteiger partial charge is 0.251 e. The molecule has 3 N–H and O–H groups in total. The van der Waals surface area contributed by atoms with E-state index < -0.39 is 17.8 Å². The van der Waals surface area contributed by atoms with Crippen LogP contribution in [0.25, 0.3) is 0 Å². The summed E-state index contributed by atoms with van der Waals surface area (Å²) in [6, 6.07) is 10.4. The van der Waals surface area contributed by atoms with Gasteiger partial charge in [0.2, 0.25) is 11.8 Å². The van der Waals surface area contributed by atoms with Gasteiger partial charge in [-0.2, -0.15) is 0 Å². The summed E-state index contributed by atoms with van der Waals surface area (Å²) >= 11 is 5.70. The summed E-state index contributed by atoms with van der Waals surface area (Å²) in [7, 11) is 1.49. The second-order valence-corrected chi connectivity index (χ2v) is 6.92. The SMILES string of the molecule is CNC(=O)CNC(=O)c1cccc(NC2CCN(c3ccc(Cl)c(F)c3)C2=O)c1. The fraction of sp³-hybridized carbons (Fsp3) is 0.250. The number of nitrogens with one attached hydrogen (secondary N) is 3. The van der Waals surface area contributed by atoms with E-state index in [1.54, 1.807) is 30.3 Å². The van der Waals surface area contributed by atoms with Gasteiger partial charge in [-0.15, -0.1) is 0 Å². The van der Waals surface area contributed by atoms with E-state index in [9.17, 15) is 18.8 Å². The van der Waals surface area contributed by atoms with Crippen LogP contribution in [0.1, 0.15) is 16.8 Å². The fourth-order valence-electron chi connectivity index (χ4n) is 3.03. The molecule has 0 aliphatic carbocycles. The van der Waals surface area contributed by atoms with Crippen molar-refractivity contribution < 1.29 is 18.8 Å². The van der Waals surface area contributed by atoms with Crippen LogP contribution in [0.2, 0.25) is 5.02 Å². The minimum absolute atomic E-state index is 0.00146. The molecular weight excluding hydrogens is 399 g/mol. The van der Waals surface area contributed by atoms with E-state index in [0.717, 1.165) is 0 Å². The van der Waals surface area contributed by atoms with E-state index in [1.807, 2.05) is 0 Å². The molecule has 0 spiro atoms. The lowest BCUT2D eigenvalue weighted by molar-refractivity contribution is -0.119. The first-order valence-corrected chi connectivity index (χ1v) is 9.38. The maximum absolute atomic E-state index is 13.7. The molecule has 1 unspecified atom stereocenters. The number of nitrogens with zero attached hydrogens (tertiary/aromatic N) is 1. The van der Waals surface area contributed by atoms with Gasteiger partial charge in [0, 0.05) is 30.5 Å². The van der Waals surface area contributed by atoms with Crippen molar-refractivity contribution in [3.63, 3.8) is 0 Å². The first-order chi connectivity index (χ1) is 13.9. The number of amides is 3. The van der Waals surface area contributed by atoms with Crippen LogP contribution >= 0.6 is 11.6 Å². The summed E-state index contributed by atoms with van der Waals surface area (Å²) in [5.41, 5.74) is 1.41. The number of rotatable bonds is 6. The Bertz CT molecular complexity index is 953. The molecule has 29 heavy (non-hydrogen) atoms. The second-order valence-electron chi connectivity index (χ2n) is 6.51. The molecule has 152 valence electrons. The van der Waals surface area contributed by atoms with E-state index in [2.05, 4.69) is 16.0 Å². The Kier molecular flexibility index (Phi) is 6.33. The van der Waals surface area contributed by atoms with E-state index in [-0.39, 0.29) is 23.4 Å². The lowest BCUT2D eigenvalue weighted by Crippen LogP contribution is -2.35. The van der Waals surface area contributed by atoms with Crippen molar-refractivity contribution in [1.29, 1.82) is 0 Å². The van der Waals surface area contributed by atoms with Gasteiger partial charge in [-0.05, 0) is 42.8 Å². The molecule has 1 atom stereocenters. The normalized spacial score (nSPS) is 15.9. The molecule has 3 rings (SSSR count). The highest BCUT2D eigenvalue weighted by Gasteiger charge is 2.32. The molecule has 0 radical (unpaired) electrons. The van der Waals surface area contributed by atoms with Crippen LogP contribution < -0.4 is 20.9 Å². The third-order valence-corrected chi connectivity index (χ3v) is 4.88.